The van der Waals surface area contributed by atoms with Gasteiger partial charge in [-0.1, -0.05) is 11.6 Å². The first-order valence-electron chi connectivity index (χ1n) is 6.20. The molecule has 2 N–H and O–H groups in total. The second kappa shape index (κ2) is 4.60. The lowest BCUT2D eigenvalue weighted by Gasteiger charge is -2.40. The lowest BCUT2D eigenvalue weighted by Crippen LogP contribution is -2.60. The van der Waals surface area contributed by atoms with Crippen LogP contribution in [-0.4, -0.2) is 29.1 Å². The Labute approximate surface area is 111 Å². The fraction of sp³-hybridized carbons (Fsp3) is 0.538. The van der Waals surface area contributed by atoms with Crippen LogP contribution in [-0.2, 0) is 14.4 Å². The Hall–Kier alpha value is -1.98. The third kappa shape index (κ3) is 2.30. The van der Waals surface area contributed by atoms with Crippen molar-refractivity contribution in [3.05, 3.63) is 11.6 Å². The minimum atomic E-state index is -1.07. The van der Waals surface area contributed by atoms with Gasteiger partial charge in [-0.3, -0.25) is 25.0 Å². The first-order valence-corrected chi connectivity index (χ1v) is 6.20. The zero-order chi connectivity index (χ0) is 14.2. The monoisotopic (exact) mass is 263 g/mol. The number of ketones is 1. The molecule has 0 saturated carbocycles. The van der Waals surface area contributed by atoms with Crippen molar-refractivity contribution in [3.8, 4) is 0 Å². The summed E-state index contributed by atoms with van der Waals surface area (Å²) >= 11 is 0. The number of hydrogen-bond acceptors (Lipinski definition) is 4. The van der Waals surface area contributed by atoms with Gasteiger partial charge in [-0.25, -0.2) is 4.99 Å². The van der Waals surface area contributed by atoms with Gasteiger partial charge in [0, 0.05) is 13.3 Å². The highest BCUT2D eigenvalue weighted by atomic mass is 16.2. The molecule has 0 saturated heterocycles. The molecular weight excluding hydrogens is 246 g/mol. The smallest absolute Gasteiger partial charge is 0.233 e. The zero-order valence-electron chi connectivity index (χ0n) is 11.2. The standard InChI is InChI=1S/C13H17N3O3/c1-7-4-5-10-11(19)15-12(14-9(3)18)16-13(10,6-7)8(2)17/h4,10H,5-6H2,1-3H3,(H2,14,15,16,18,19). The fourth-order valence-corrected chi connectivity index (χ4v) is 2.68. The Morgan fingerprint density at radius 3 is 2.74 bits per heavy atom. The number of Topliss-reactive ketones (excluding diaryl/α,β-unsaturated/α-hetero) is 1. The van der Waals surface area contributed by atoms with Gasteiger partial charge in [0.05, 0.1) is 5.92 Å². The van der Waals surface area contributed by atoms with Crippen LogP contribution in [0.4, 0.5) is 0 Å². The summed E-state index contributed by atoms with van der Waals surface area (Å²) in [6.45, 7) is 4.69. The highest BCUT2D eigenvalue weighted by molar-refractivity contribution is 6.10. The third-order valence-corrected chi connectivity index (χ3v) is 3.60. The number of nitrogens with zero attached hydrogens (tertiary/aromatic N) is 1. The van der Waals surface area contributed by atoms with Crippen molar-refractivity contribution in [2.24, 2.45) is 10.9 Å². The number of hydrogen-bond donors (Lipinski definition) is 2. The Morgan fingerprint density at radius 2 is 2.16 bits per heavy atom. The van der Waals surface area contributed by atoms with Gasteiger partial charge >= 0.3 is 0 Å². The summed E-state index contributed by atoms with van der Waals surface area (Å²) in [5, 5.41) is 4.99. The molecule has 2 unspecified atom stereocenters. The summed E-state index contributed by atoms with van der Waals surface area (Å²) in [5.41, 5.74) is -0.0362. The van der Waals surface area contributed by atoms with Crippen molar-refractivity contribution in [3.63, 3.8) is 0 Å². The van der Waals surface area contributed by atoms with Gasteiger partial charge in [0.25, 0.3) is 0 Å². The van der Waals surface area contributed by atoms with Gasteiger partial charge in [0.2, 0.25) is 17.8 Å². The SMILES string of the molecule is CC(=O)NC1=NC2(C(C)=O)CC(C)=CCC2C(=O)N1. The molecule has 1 heterocycles. The molecule has 6 nitrogen and oxygen atoms in total. The number of guanidine groups is 1. The van der Waals surface area contributed by atoms with Gasteiger partial charge in [0.1, 0.15) is 5.54 Å². The number of rotatable bonds is 1. The van der Waals surface area contributed by atoms with E-state index in [9.17, 15) is 14.4 Å². The van der Waals surface area contributed by atoms with Gasteiger partial charge in [-0.2, -0.15) is 0 Å². The van der Waals surface area contributed by atoms with Crippen LogP contribution < -0.4 is 10.6 Å². The number of amides is 2. The molecule has 102 valence electrons. The summed E-state index contributed by atoms with van der Waals surface area (Å²) in [7, 11) is 0. The molecule has 2 amide bonds. The molecule has 0 radical (unpaired) electrons. The average Bonchev–Trinajstić information content (AvgIpc) is 2.26. The van der Waals surface area contributed by atoms with Crippen molar-refractivity contribution in [1.29, 1.82) is 0 Å². The maximum Gasteiger partial charge on any atom is 0.233 e. The number of nitrogens with one attached hydrogen (secondary N) is 2. The lowest BCUT2D eigenvalue weighted by molar-refractivity contribution is -0.134. The average molecular weight is 263 g/mol. The topological polar surface area (TPSA) is 87.6 Å². The molecule has 2 aliphatic rings. The van der Waals surface area contributed by atoms with Gasteiger partial charge in [-0.05, 0) is 20.3 Å². The normalized spacial score (nSPS) is 29.6. The molecule has 19 heavy (non-hydrogen) atoms. The maximum absolute atomic E-state index is 12.1. The minimum absolute atomic E-state index is 0.0682. The predicted octanol–water partition coefficient (Wildman–Crippen LogP) is 0.292. The molecule has 0 aromatic rings. The number of aliphatic imine (C=N–C) groups is 1. The van der Waals surface area contributed by atoms with E-state index in [1.54, 1.807) is 0 Å². The first-order chi connectivity index (χ1) is 8.85. The van der Waals surface area contributed by atoms with Crippen LogP contribution in [0, 0.1) is 5.92 Å². The molecule has 0 aromatic carbocycles. The molecule has 0 spiro atoms. The third-order valence-electron chi connectivity index (χ3n) is 3.60. The van der Waals surface area contributed by atoms with Crippen molar-refractivity contribution in [1.82, 2.24) is 10.6 Å². The van der Waals surface area contributed by atoms with Crippen LogP contribution >= 0.6 is 0 Å². The highest BCUT2D eigenvalue weighted by Crippen LogP contribution is 2.39. The van der Waals surface area contributed by atoms with E-state index >= 15 is 0 Å². The lowest BCUT2D eigenvalue weighted by atomic mass is 9.70. The van der Waals surface area contributed by atoms with E-state index in [1.165, 1.54) is 13.8 Å². The van der Waals surface area contributed by atoms with E-state index in [0.717, 1.165) is 5.57 Å². The van der Waals surface area contributed by atoms with E-state index in [2.05, 4.69) is 15.6 Å². The molecule has 1 aliphatic heterocycles. The molecule has 0 aromatic heterocycles. The number of allylic oxidation sites excluding steroid dienone is 1. The van der Waals surface area contributed by atoms with Crippen molar-refractivity contribution in [2.75, 3.05) is 0 Å². The Morgan fingerprint density at radius 1 is 1.47 bits per heavy atom. The second-order valence-corrected chi connectivity index (χ2v) is 5.13. The number of carbonyl (C=O) groups excluding carboxylic acids is 3. The Kier molecular flexibility index (Phi) is 3.26. The predicted molar refractivity (Wildman–Crippen MR) is 69.3 cm³/mol. The zero-order valence-corrected chi connectivity index (χ0v) is 11.2. The number of fused-ring (bicyclic) bond motifs is 1. The van der Waals surface area contributed by atoms with E-state index in [0.29, 0.717) is 12.8 Å². The molecule has 2 rings (SSSR count). The quantitative estimate of drug-likeness (QED) is 0.667. The van der Waals surface area contributed by atoms with Crippen LogP contribution in [0.3, 0.4) is 0 Å². The van der Waals surface area contributed by atoms with Crippen molar-refractivity contribution < 1.29 is 14.4 Å². The minimum Gasteiger partial charge on any atom is -0.297 e. The Balaban J connectivity index is 2.47. The van der Waals surface area contributed by atoms with Gasteiger partial charge < -0.3 is 0 Å². The van der Waals surface area contributed by atoms with Gasteiger partial charge in [-0.15, -0.1) is 0 Å². The molecule has 1 aliphatic carbocycles. The molecule has 0 bridgehead atoms. The van der Waals surface area contributed by atoms with Crippen LogP contribution in [0.25, 0.3) is 0 Å². The molecule has 0 fully saturated rings. The van der Waals surface area contributed by atoms with Crippen molar-refractivity contribution in [2.45, 2.75) is 39.2 Å². The van der Waals surface area contributed by atoms with E-state index < -0.39 is 11.5 Å². The van der Waals surface area contributed by atoms with Crippen LogP contribution in [0.15, 0.2) is 16.6 Å². The molecule has 2 atom stereocenters. The largest absolute Gasteiger partial charge is 0.297 e. The maximum atomic E-state index is 12.1. The fourth-order valence-electron chi connectivity index (χ4n) is 2.68. The summed E-state index contributed by atoms with van der Waals surface area (Å²) < 4.78 is 0. The van der Waals surface area contributed by atoms with E-state index in [1.807, 2.05) is 13.0 Å². The second-order valence-electron chi connectivity index (χ2n) is 5.13. The number of carbonyl (C=O) groups is 3. The van der Waals surface area contributed by atoms with Crippen molar-refractivity contribution >= 4 is 23.6 Å². The molecule has 6 heteroatoms. The molecular formula is C13H17N3O3. The summed E-state index contributed by atoms with van der Waals surface area (Å²) in [6.07, 6.45) is 2.88. The van der Waals surface area contributed by atoms with Crippen LogP contribution in [0.2, 0.25) is 0 Å². The van der Waals surface area contributed by atoms with Gasteiger partial charge in [0.15, 0.2) is 5.78 Å². The highest BCUT2D eigenvalue weighted by Gasteiger charge is 2.51. The summed E-state index contributed by atoms with van der Waals surface area (Å²) in [5.74, 6) is -1.18. The summed E-state index contributed by atoms with van der Waals surface area (Å²) in [4.78, 5) is 39.6. The Bertz CT molecular complexity index is 521. The van der Waals surface area contributed by atoms with E-state index in [4.69, 9.17) is 0 Å². The van der Waals surface area contributed by atoms with Crippen LogP contribution in [0.5, 0.6) is 0 Å². The first kappa shape index (κ1) is 13.5. The van der Waals surface area contributed by atoms with E-state index in [-0.39, 0.29) is 23.6 Å². The summed E-state index contributed by atoms with van der Waals surface area (Å²) in [6, 6.07) is 0. The van der Waals surface area contributed by atoms with Crippen LogP contribution in [0.1, 0.15) is 33.6 Å².